The molecule has 2 amide bonds. The van der Waals surface area contributed by atoms with Crippen molar-refractivity contribution < 1.29 is 14.4 Å². The predicted octanol–water partition coefficient (Wildman–Crippen LogP) is 3.03. The van der Waals surface area contributed by atoms with Crippen LogP contribution in [0.1, 0.15) is 29.3 Å². The highest BCUT2D eigenvalue weighted by atomic mass is 79.9. The molecule has 1 heterocycles. The molecule has 1 N–H and O–H groups in total. The van der Waals surface area contributed by atoms with Crippen LogP contribution in [0.4, 0.5) is 5.69 Å². The molecule has 5 nitrogen and oxygen atoms in total. The number of halogens is 1. The molecular formula is C19H17BrN2O3. The van der Waals surface area contributed by atoms with Gasteiger partial charge in [-0.2, -0.15) is 0 Å². The molecule has 0 radical (unpaired) electrons. The van der Waals surface area contributed by atoms with Crippen LogP contribution in [0, 0.1) is 0 Å². The van der Waals surface area contributed by atoms with E-state index in [1.807, 2.05) is 6.07 Å². The van der Waals surface area contributed by atoms with Gasteiger partial charge in [0.2, 0.25) is 5.91 Å². The lowest BCUT2D eigenvalue weighted by molar-refractivity contribution is -0.130. The highest BCUT2D eigenvalue weighted by Gasteiger charge is 2.51. The molecule has 0 spiro atoms. The van der Waals surface area contributed by atoms with Gasteiger partial charge in [0, 0.05) is 41.7 Å². The number of amides is 2. The van der Waals surface area contributed by atoms with Gasteiger partial charge >= 0.3 is 0 Å². The summed E-state index contributed by atoms with van der Waals surface area (Å²) >= 11 is 3.34. The van der Waals surface area contributed by atoms with Gasteiger partial charge in [-0.25, -0.2) is 0 Å². The fourth-order valence-electron chi connectivity index (χ4n) is 3.25. The van der Waals surface area contributed by atoms with Crippen LogP contribution < -0.4 is 10.2 Å². The van der Waals surface area contributed by atoms with Crippen LogP contribution in [-0.2, 0) is 15.1 Å². The zero-order valence-electron chi connectivity index (χ0n) is 13.9. The highest BCUT2D eigenvalue weighted by molar-refractivity contribution is 9.10. The third-order valence-corrected chi connectivity index (χ3v) is 4.90. The molecule has 1 atom stereocenters. The van der Waals surface area contributed by atoms with E-state index in [-0.39, 0.29) is 24.0 Å². The van der Waals surface area contributed by atoms with Gasteiger partial charge in [0.05, 0.1) is 0 Å². The summed E-state index contributed by atoms with van der Waals surface area (Å²) in [7, 11) is 1.65. The first-order valence-corrected chi connectivity index (χ1v) is 8.59. The lowest BCUT2D eigenvalue weighted by Gasteiger charge is -2.28. The predicted molar refractivity (Wildman–Crippen MR) is 98.4 cm³/mol. The van der Waals surface area contributed by atoms with Crippen molar-refractivity contribution in [1.29, 1.82) is 0 Å². The SMILES string of the molecule is CC(=O)NC1(CC(=O)c2ccc(Br)cc2)C(=O)N(C)c2ccccc21. The number of para-hydroxylation sites is 1. The molecule has 1 aliphatic rings. The van der Waals surface area contributed by atoms with Crippen molar-refractivity contribution in [1.82, 2.24) is 5.32 Å². The highest BCUT2D eigenvalue weighted by Crippen LogP contribution is 2.42. The van der Waals surface area contributed by atoms with Gasteiger partial charge in [0.1, 0.15) is 0 Å². The number of Topliss-reactive ketones (excluding diaryl/α,β-unsaturated/α-hetero) is 1. The second-order valence-electron chi connectivity index (χ2n) is 6.07. The van der Waals surface area contributed by atoms with Crippen LogP contribution in [0.25, 0.3) is 0 Å². The summed E-state index contributed by atoms with van der Waals surface area (Å²) in [6.45, 7) is 1.35. The molecule has 0 aromatic heterocycles. The molecule has 3 rings (SSSR count). The largest absolute Gasteiger partial charge is 0.338 e. The van der Waals surface area contributed by atoms with Crippen LogP contribution in [0.15, 0.2) is 53.0 Å². The minimum Gasteiger partial charge on any atom is -0.338 e. The van der Waals surface area contributed by atoms with E-state index in [1.165, 1.54) is 11.8 Å². The molecule has 6 heteroatoms. The molecule has 0 fully saturated rings. The number of hydrogen-bond acceptors (Lipinski definition) is 3. The summed E-state index contributed by atoms with van der Waals surface area (Å²) in [5.74, 6) is -0.879. The standard InChI is InChI=1S/C19H17BrN2O3/c1-12(23)21-19(11-17(24)13-7-9-14(20)10-8-13)15-5-3-4-6-16(15)22(2)18(19)25/h3-10H,11H2,1-2H3,(H,21,23). The average molecular weight is 401 g/mol. The third-order valence-electron chi connectivity index (χ3n) is 4.38. The Morgan fingerprint density at radius 3 is 2.40 bits per heavy atom. The lowest BCUT2D eigenvalue weighted by Crippen LogP contribution is -2.53. The van der Waals surface area contributed by atoms with E-state index in [0.717, 1.165) is 4.47 Å². The molecule has 25 heavy (non-hydrogen) atoms. The van der Waals surface area contributed by atoms with Gasteiger partial charge in [0.25, 0.3) is 5.91 Å². The number of benzene rings is 2. The number of fused-ring (bicyclic) bond motifs is 1. The van der Waals surface area contributed by atoms with E-state index in [1.54, 1.807) is 49.5 Å². The Balaban J connectivity index is 2.06. The van der Waals surface area contributed by atoms with Crippen LogP contribution in [0.5, 0.6) is 0 Å². The quantitative estimate of drug-likeness (QED) is 0.801. The molecule has 128 valence electrons. The summed E-state index contributed by atoms with van der Waals surface area (Å²) in [5, 5.41) is 2.74. The van der Waals surface area contributed by atoms with Crippen molar-refractivity contribution >= 4 is 39.2 Å². The van der Waals surface area contributed by atoms with Gasteiger partial charge in [-0.15, -0.1) is 0 Å². The number of nitrogens with one attached hydrogen (secondary N) is 1. The summed E-state index contributed by atoms with van der Waals surface area (Å²) < 4.78 is 0.864. The first-order chi connectivity index (χ1) is 11.8. The first-order valence-electron chi connectivity index (χ1n) is 7.80. The molecule has 0 bridgehead atoms. The number of carbonyl (C=O) groups excluding carboxylic acids is 3. The molecule has 0 saturated carbocycles. The Morgan fingerprint density at radius 1 is 1.12 bits per heavy atom. The molecule has 0 saturated heterocycles. The van der Waals surface area contributed by atoms with E-state index in [9.17, 15) is 14.4 Å². The maximum Gasteiger partial charge on any atom is 0.257 e. The second kappa shape index (κ2) is 6.44. The maximum atomic E-state index is 13.0. The van der Waals surface area contributed by atoms with E-state index < -0.39 is 5.54 Å². The molecule has 2 aromatic rings. The van der Waals surface area contributed by atoms with Crippen molar-refractivity contribution in [2.45, 2.75) is 18.9 Å². The van der Waals surface area contributed by atoms with Crippen LogP contribution >= 0.6 is 15.9 Å². The zero-order chi connectivity index (χ0) is 18.2. The fourth-order valence-corrected chi connectivity index (χ4v) is 3.52. The number of anilines is 1. The molecule has 1 unspecified atom stereocenters. The van der Waals surface area contributed by atoms with Crippen molar-refractivity contribution in [3.63, 3.8) is 0 Å². The van der Waals surface area contributed by atoms with Gasteiger partial charge in [-0.3, -0.25) is 14.4 Å². The minimum atomic E-state index is -1.37. The Kier molecular flexibility index (Phi) is 4.47. The smallest absolute Gasteiger partial charge is 0.257 e. The second-order valence-corrected chi connectivity index (χ2v) is 6.99. The Labute approximate surface area is 154 Å². The van der Waals surface area contributed by atoms with Crippen LogP contribution in [-0.4, -0.2) is 24.6 Å². The third kappa shape index (κ3) is 2.98. The van der Waals surface area contributed by atoms with Crippen molar-refractivity contribution in [3.05, 3.63) is 64.1 Å². The van der Waals surface area contributed by atoms with Gasteiger partial charge in [0.15, 0.2) is 11.3 Å². The van der Waals surface area contributed by atoms with Crippen LogP contribution in [0.3, 0.4) is 0 Å². The Morgan fingerprint density at radius 2 is 1.76 bits per heavy atom. The summed E-state index contributed by atoms with van der Waals surface area (Å²) in [6, 6.07) is 14.1. The van der Waals surface area contributed by atoms with Crippen molar-refractivity contribution in [2.75, 3.05) is 11.9 Å². The normalized spacial score (nSPS) is 18.8. The van der Waals surface area contributed by atoms with Gasteiger partial charge in [-0.05, 0) is 18.2 Å². The summed E-state index contributed by atoms with van der Waals surface area (Å²) in [5.41, 5.74) is 0.460. The number of carbonyl (C=O) groups is 3. The van der Waals surface area contributed by atoms with E-state index in [4.69, 9.17) is 0 Å². The number of ketones is 1. The Hall–Kier alpha value is -2.47. The minimum absolute atomic E-state index is 0.131. The summed E-state index contributed by atoms with van der Waals surface area (Å²) in [6.07, 6.45) is -0.131. The number of likely N-dealkylation sites (N-methyl/N-ethyl adjacent to an activating group) is 1. The van der Waals surface area contributed by atoms with E-state index >= 15 is 0 Å². The average Bonchev–Trinajstić information content (AvgIpc) is 2.78. The molecule has 2 aromatic carbocycles. The van der Waals surface area contributed by atoms with Crippen molar-refractivity contribution in [2.24, 2.45) is 0 Å². The Bertz CT molecular complexity index is 863. The van der Waals surface area contributed by atoms with E-state index in [0.29, 0.717) is 16.8 Å². The lowest BCUT2D eigenvalue weighted by atomic mass is 9.84. The topological polar surface area (TPSA) is 66.5 Å². The van der Waals surface area contributed by atoms with Gasteiger partial charge < -0.3 is 10.2 Å². The van der Waals surface area contributed by atoms with Crippen LogP contribution in [0.2, 0.25) is 0 Å². The van der Waals surface area contributed by atoms with Gasteiger partial charge in [-0.1, -0.05) is 46.3 Å². The molecule has 1 aliphatic heterocycles. The number of hydrogen-bond donors (Lipinski definition) is 1. The molecule has 0 aliphatic carbocycles. The first kappa shape index (κ1) is 17.4. The van der Waals surface area contributed by atoms with Crippen molar-refractivity contribution in [3.8, 4) is 0 Å². The zero-order valence-corrected chi connectivity index (χ0v) is 15.5. The number of rotatable bonds is 4. The maximum absolute atomic E-state index is 13.0. The summed E-state index contributed by atoms with van der Waals surface area (Å²) in [4.78, 5) is 39.1. The van der Waals surface area contributed by atoms with E-state index in [2.05, 4.69) is 21.2 Å². The fraction of sp³-hybridized carbons (Fsp3) is 0.211. The monoisotopic (exact) mass is 400 g/mol. The number of nitrogens with zero attached hydrogens (tertiary/aromatic N) is 1. The molecular weight excluding hydrogens is 384 g/mol.